The fraction of sp³-hybridized carbons (Fsp3) is 0.600. The minimum Gasteiger partial charge on any atom is -0.357 e. The predicted octanol–water partition coefficient (Wildman–Crippen LogP) is 2.27. The highest BCUT2D eigenvalue weighted by atomic mass is 16.2. The van der Waals surface area contributed by atoms with Gasteiger partial charge in [0, 0.05) is 32.7 Å². The van der Waals surface area contributed by atoms with Crippen LogP contribution in [0.25, 0.3) is 0 Å². The van der Waals surface area contributed by atoms with Crippen molar-refractivity contribution in [1.82, 2.24) is 15.1 Å². The van der Waals surface area contributed by atoms with Crippen LogP contribution in [0.3, 0.4) is 0 Å². The first-order chi connectivity index (χ1) is 12.2. The number of guanidine groups is 1. The highest BCUT2D eigenvalue weighted by Crippen LogP contribution is 2.19. The average Bonchev–Trinajstić information content (AvgIpc) is 2.65. The summed E-state index contributed by atoms with van der Waals surface area (Å²) < 4.78 is 0. The minimum atomic E-state index is 0.121. The van der Waals surface area contributed by atoms with Gasteiger partial charge in [0.1, 0.15) is 6.54 Å². The van der Waals surface area contributed by atoms with Crippen LogP contribution in [-0.2, 0) is 17.8 Å². The first-order valence-corrected chi connectivity index (χ1v) is 9.55. The summed E-state index contributed by atoms with van der Waals surface area (Å²) >= 11 is 0. The van der Waals surface area contributed by atoms with Crippen molar-refractivity contribution in [2.75, 3.05) is 32.7 Å². The van der Waals surface area contributed by atoms with E-state index in [9.17, 15) is 4.79 Å². The summed E-state index contributed by atoms with van der Waals surface area (Å²) in [5.74, 6) is 1.80. The summed E-state index contributed by atoms with van der Waals surface area (Å²) in [5.41, 5.74) is 2.63. The number of benzene rings is 1. The molecule has 136 valence electrons. The van der Waals surface area contributed by atoms with Crippen molar-refractivity contribution in [2.24, 2.45) is 10.9 Å². The van der Waals surface area contributed by atoms with Gasteiger partial charge in [0.05, 0.1) is 0 Å². The Morgan fingerprint density at radius 3 is 2.60 bits per heavy atom. The van der Waals surface area contributed by atoms with Gasteiger partial charge in [0.2, 0.25) is 5.91 Å². The molecule has 2 aliphatic heterocycles. The molecule has 1 fully saturated rings. The van der Waals surface area contributed by atoms with Crippen LogP contribution < -0.4 is 5.32 Å². The summed E-state index contributed by atoms with van der Waals surface area (Å²) in [5, 5.41) is 3.35. The van der Waals surface area contributed by atoms with E-state index in [-0.39, 0.29) is 12.5 Å². The van der Waals surface area contributed by atoms with E-state index < -0.39 is 0 Å². The molecule has 0 spiro atoms. The number of rotatable bonds is 3. The second kappa shape index (κ2) is 8.37. The zero-order chi connectivity index (χ0) is 17.6. The molecule has 0 bridgehead atoms. The van der Waals surface area contributed by atoms with Gasteiger partial charge in [0.15, 0.2) is 5.96 Å². The van der Waals surface area contributed by atoms with Crippen LogP contribution in [0.15, 0.2) is 29.3 Å². The topological polar surface area (TPSA) is 47.9 Å². The third-order valence-electron chi connectivity index (χ3n) is 5.27. The van der Waals surface area contributed by atoms with Gasteiger partial charge >= 0.3 is 0 Å². The van der Waals surface area contributed by atoms with Crippen LogP contribution >= 0.6 is 0 Å². The number of carbonyl (C=O) groups is 1. The number of fused-ring (bicyclic) bond motifs is 1. The molecule has 1 saturated heterocycles. The zero-order valence-corrected chi connectivity index (χ0v) is 15.5. The van der Waals surface area contributed by atoms with Crippen LogP contribution in [-0.4, -0.2) is 54.4 Å². The van der Waals surface area contributed by atoms with Gasteiger partial charge in [0.25, 0.3) is 0 Å². The van der Waals surface area contributed by atoms with Gasteiger partial charge in [-0.3, -0.25) is 4.79 Å². The molecule has 1 aromatic rings. The maximum absolute atomic E-state index is 12.6. The van der Waals surface area contributed by atoms with Gasteiger partial charge in [-0.2, -0.15) is 0 Å². The third-order valence-corrected chi connectivity index (χ3v) is 5.27. The molecule has 2 heterocycles. The Morgan fingerprint density at radius 2 is 1.88 bits per heavy atom. The van der Waals surface area contributed by atoms with E-state index >= 15 is 0 Å². The fourth-order valence-corrected chi connectivity index (χ4v) is 3.60. The molecule has 1 amide bonds. The second-order valence-electron chi connectivity index (χ2n) is 7.17. The molecule has 5 heteroatoms. The number of piperidine rings is 1. The lowest BCUT2D eigenvalue weighted by molar-refractivity contribution is -0.130. The normalized spacial score (nSPS) is 18.9. The fourth-order valence-electron chi connectivity index (χ4n) is 3.60. The molecule has 0 unspecified atom stereocenters. The Morgan fingerprint density at radius 1 is 1.16 bits per heavy atom. The Hall–Kier alpha value is -2.04. The molecule has 5 nitrogen and oxygen atoms in total. The third kappa shape index (κ3) is 4.53. The smallest absolute Gasteiger partial charge is 0.244 e. The molecule has 2 aliphatic rings. The maximum Gasteiger partial charge on any atom is 0.244 e. The summed E-state index contributed by atoms with van der Waals surface area (Å²) in [6.45, 7) is 9.00. The van der Waals surface area contributed by atoms with Crippen molar-refractivity contribution in [3.8, 4) is 0 Å². The van der Waals surface area contributed by atoms with E-state index in [0.29, 0.717) is 6.54 Å². The van der Waals surface area contributed by atoms with Crippen molar-refractivity contribution in [1.29, 1.82) is 0 Å². The number of likely N-dealkylation sites (tertiary alicyclic amines) is 1. The second-order valence-corrected chi connectivity index (χ2v) is 7.17. The lowest BCUT2D eigenvalue weighted by Crippen LogP contribution is -2.46. The number of hydrogen-bond donors (Lipinski definition) is 1. The van der Waals surface area contributed by atoms with Crippen molar-refractivity contribution >= 4 is 11.9 Å². The quantitative estimate of drug-likeness (QED) is 0.677. The molecule has 1 N–H and O–H groups in total. The molecule has 0 atom stereocenters. The Balaban J connectivity index is 1.60. The Bertz CT molecular complexity index is 620. The lowest BCUT2D eigenvalue weighted by atomic mass is 9.99. The van der Waals surface area contributed by atoms with E-state index in [1.165, 1.54) is 24.0 Å². The van der Waals surface area contributed by atoms with Gasteiger partial charge < -0.3 is 15.1 Å². The molecule has 3 rings (SSSR count). The Kier molecular flexibility index (Phi) is 5.95. The first-order valence-electron chi connectivity index (χ1n) is 9.55. The standard InChI is InChI=1S/C20H30N4O/c1-3-21-20(23-11-8-16(2)9-12-23)22-14-19(25)24-13-10-17-6-4-5-7-18(17)15-24/h4-7,16H,3,8-15H2,1-2H3,(H,21,22). The molecule has 1 aromatic carbocycles. The molecular formula is C20H30N4O. The zero-order valence-electron chi connectivity index (χ0n) is 15.5. The highest BCUT2D eigenvalue weighted by Gasteiger charge is 2.22. The highest BCUT2D eigenvalue weighted by molar-refractivity contribution is 5.85. The number of nitrogens with one attached hydrogen (secondary N) is 1. The van der Waals surface area contributed by atoms with E-state index in [2.05, 4.69) is 47.3 Å². The lowest BCUT2D eigenvalue weighted by Gasteiger charge is -2.33. The molecule has 0 aliphatic carbocycles. The van der Waals surface area contributed by atoms with E-state index in [0.717, 1.165) is 44.5 Å². The van der Waals surface area contributed by atoms with E-state index in [1.807, 2.05) is 11.0 Å². The summed E-state index contributed by atoms with van der Waals surface area (Å²) in [6.07, 6.45) is 3.33. The maximum atomic E-state index is 12.6. The van der Waals surface area contributed by atoms with Gasteiger partial charge in [-0.05, 0) is 43.2 Å². The summed E-state index contributed by atoms with van der Waals surface area (Å²) in [7, 11) is 0. The van der Waals surface area contributed by atoms with Crippen LogP contribution in [0.1, 0.15) is 37.8 Å². The predicted molar refractivity (Wildman–Crippen MR) is 102 cm³/mol. The largest absolute Gasteiger partial charge is 0.357 e. The van der Waals surface area contributed by atoms with Crippen molar-refractivity contribution in [3.05, 3.63) is 35.4 Å². The first kappa shape index (κ1) is 17.8. The average molecular weight is 342 g/mol. The number of aliphatic imine (C=N–C) groups is 1. The van der Waals surface area contributed by atoms with Gasteiger partial charge in [-0.25, -0.2) is 4.99 Å². The molecule has 25 heavy (non-hydrogen) atoms. The van der Waals surface area contributed by atoms with Crippen molar-refractivity contribution in [2.45, 2.75) is 39.7 Å². The molecule has 0 saturated carbocycles. The van der Waals surface area contributed by atoms with E-state index in [1.54, 1.807) is 0 Å². The molecule has 0 radical (unpaired) electrons. The van der Waals surface area contributed by atoms with Gasteiger partial charge in [-0.1, -0.05) is 31.2 Å². The van der Waals surface area contributed by atoms with Crippen molar-refractivity contribution < 1.29 is 4.79 Å². The number of amides is 1. The summed E-state index contributed by atoms with van der Waals surface area (Å²) in [6, 6.07) is 8.40. The molecule has 0 aromatic heterocycles. The number of nitrogens with zero attached hydrogens (tertiary/aromatic N) is 3. The Labute approximate surface area is 151 Å². The number of carbonyl (C=O) groups excluding carboxylic acids is 1. The van der Waals surface area contributed by atoms with E-state index in [4.69, 9.17) is 0 Å². The van der Waals surface area contributed by atoms with Crippen LogP contribution in [0.2, 0.25) is 0 Å². The monoisotopic (exact) mass is 342 g/mol. The summed E-state index contributed by atoms with van der Waals surface area (Å²) in [4.78, 5) is 21.5. The van der Waals surface area contributed by atoms with Crippen LogP contribution in [0.5, 0.6) is 0 Å². The van der Waals surface area contributed by atoms with Gasteiger partial charge in [-0.15, -0.1) is 0 Å². The van der Waals surface area contributed by atoms with Crippen LogP contribution in [0.4, 0.5) is 0 Å². The minimum absolute atomic E-state index is 0.121. The SMILES string of the molecule is CCNC(=NCC(=O)N1CCc2ccccc2C1)N1CCC(C)CC1. The number of hydrogen-bond acceptors (Lipinski definition) is 2. The molecular weight excluding hydrogens is 312 g/mol. The van der Waals surface area contributed by atoms with Crippen molar-refractivity contribution in [3.63, 3.8) is 0 Å². The van der Waals surface area contributed by atoms with Crippen LogP contribution in [0, 0.1) is 5.92 Å².